The first-order valence-electron chi connectivity index (χ1n) is 7.23. The number of amides is 2. The molecule has 0 bridgehead atoms. The number of likely N-dealkylation sites (tertiary alicyclic amines) is 1. The summed E-state index contributed by atoms with van der Waals surface area (Å²) in [5.41, 5.74) is 0.157. The lowest BCUT2D eigenvalue weighted by Gasteiger charge is -2.23. The molecule has 0 unspecified atom stereocenters. The van der Waals surface area contributed by atoms with Crippen LogP contribution in [-0.2, 0) is 0 Å². The molecule has 1 aromatic carbocycles. The van der Waals surface area contributed by atoms with Gasteiger partial charge in [-0.05, 0) is 31.0 Å². The van der Waals surface area contributed by atoms with E-state index in [-0.39, 0.29) is 30.9 Å². The van der Waals surface area contributed by atoms with Crippen LogP contribution in [0.1, 0.15) is 23.2 Å². The van der Waals surface area contributed by atoms with E-state index in [1.165, 1.54) is 12.1 Å². The summed E-state index contributed by atoms with van der Waals surface area (Å²) in [6, 6.07) is 5.88. The highest BCUT2D eigenvalue weighted by Gasteiger charge is 2.27. The third-order valence-electron chi connectivity index (χ3n) is 3.58. The van der Waals surface area contributed by atoms with Crippen LogP contribution in [0.2, 0.25) is 0 Å². The van der Waals surface area contributed by atoms with Crippen molar-refractivity contribution in [3.8, 4) is 5.75 Å². The number of aromatic carboxylic acids is 1. The first-order chi connectivity index (χ1) is 10.6. The number of nitrogens with zero attached hydrogens (tertiary/aromatic N) is 1. The van der Waals surface area contributed by atoms with E-state index in [1.807, 2.05) is 0 Å². The monoisotopic (exact) mass is 308 g/mol. The molecule has 0 aromatic heterocycles. The maximum atomic E-state index is 11.9. The Labute approximate surface area is 128 Å². The zero-order chi connectivity index (χ0) is 15.9. The summed E-state index contributed by atoms with van der Waals surface area (Å²) in [5, 5.41) is 20.8. The fourth-order valence-corrected chi connectivity index (χ4v) is 2.44. The lowest BCUT2D eigenvalue weighted by Crippen LogP contribution is -2.45. The number of aliphatic hydroxyl groups is 1. The minimum absolute atomic E-state index is 0.0219. The van der Waals surface area contributed by atoms with Crippen LogP contribution in [0.3, 0.4) is 0 Å². The molecule has 7 heteroatoms. The zero-order valence-electron chi connectivity index (χ0n) is 12.2. The number of aliphatic hydroxyl groups excluding tert-OH is 1. The van der Waals surface area contributed by atoms with E-state index in [4.69, 9.17) is 9.84 Å². The molecular weight excluding hydrogens is 288 g/mol. The molecule has 1 atom stereocenters. The van der Waals surface area contributed by atoms with Gasteiger partial charge in [-0.3, -0.25) is 0 Å². The SMILES string of the molecule is O=C(O)c1cccc(OCCNC(=O)N2CCC[C@@H]2CO)c1. The molecule has 1 heterocycles. The van der Waals surface area contributed by atoms with E-state index in [0.29, 0.717) is 18.8 Å². The summed E-state index contributed by atoms with van der Waals surface area (Å²) >= 11 is 0. The van der Waals surface area contributed by atoms with E-state index in [0.717, 1.165) is 12.8 Å². The number of carbonyl (C=O) groups is 2. The number of hydrogen-bond acceptors (Lipinski definition) is 4. The van der Waals surface area contributed by atoms with Crippen molar-refractivity contribution in [3.63, 3.8) is 0 Å². The number of benzene rings is 1. The Morgan fingerprint density at radius 2 is 2.23 bits per heavy atom. The average Bonchev–Trinajstić information content (AvgIpc) is 3.00. The van der Waals surface area contributed by atoms with Gasteiger partial charge < -0.3 is 25.2 Å². The molecule has 1 aromatic rings. The highest BCUT2D eigenvalue weighted by atomic mass is 16.5. The zero-order valence-corrected chi connectivity index (χ0v) is 12.2. The number of nitrogens with one attached hydrogen (secondary N) is 1. The Hall–Kier alpha value is -2.28. The molecule has 0 radical (unpaired) electrons. The van der Waals surface area contributed by atoms with Crippen molar-refractivity contribution < 1.29 is 24.5 Å². The van der Waals surface area contributed by atoms with Crippen molar-refractivity contribution in [3.05, 3.63) is 29.8 Å². The molecule has 2 amide bonds. The van der Waals surface area contributed by atoms with Crippen molar-refractivity contribution in [1.82, 2.24) is 10.2 Å². The lowest BCUT2D eigenvalue weighted by molar-refractivity contribution is 0.0696. The number of ether oxygens (including phenoxy) is 1. The van der Waals surface area contributed by atoms with Gasteiger partial charge in [-0.15, -0.1) is 0 Å². The molecule has 120 valence electrons. The molecule has 1 aliphatic rings. The van der Waals surface area contributed by atoms with Gasteiger partial charge in [0.15, 0.2) is 0 Å². The summed E-state index contributed by atoms with van der Waals surface area (Å²) in [4.78, 5) is 24.4. The topological polar surface area (TPSA) is 99.1 Å². The Morgan fingerprint density at radius 3 is 2.95 bits per heavy atom. The third kappa shape index (κ3) is 4.11. The fourth-order valence-electron chi connectivity index (χ4n) is 2.44. The Bertz CT molecular complexity index is 534. The van der Waals surface area contributed by atoms with E-state index in [9.17, 15) is 14.7 Å². The van der Waals surface area contributed by atoms with Crippen molar-refractivity contribution in [2.45, 2.75) is 18.9 Å². The van der Waals surface area contributed by atoms with Crippen LogP contribution in [0.25, 0.3) is 0 Å². The van der Waals surface area contributed by atoms with Crippen molar-refractivity contribution in [2.24, 2.45) is 0 Å². The molecule has 2 rings (SSSR count). The highest BCUT2D eigenvalue weighted by molar-refractivity contribution is 5.88. The average molecular weight is 308 g/mol. The summed E-state index contributed by atoms with van der Waals surface area (Å²) < 4.78 is 5.42. The van der Waals surface area contributed by atoms with Crippen molar-refractivity contribution >= 4 is 12.0 Å². The smallest absolute Gasteiger partial charge is 0.335 e. The van der Waals surface area contributed by atoms with Crippen LogP contribution in [0.15, 0.2) is 24.3 Å². The summed E-state index contributed by atoms with van der Waals surface area (Å²) in [5.74, 6) is -0.564. The van der Waals surface area contributed by atoms with E-state index < -0.39 is 5.97 Å². The Kier molecular flexibility index (Phi) is 5.60. The van der Waals surface area contributed by atoms with Crippen LogP contribution in [0.4, 0.5) is 4.79 Å². The lowest BCUT2D eigenvalue weighted by atomic mass is 10.2. The first kappa shape index (κ1) is 16.1. The van der Waals surface area contributed by atoms with Gasteiger partial charge in [0.25, 0.3) is 0 Å². The standard InChI is InChI=1S/C15H20N2O5/c18-10-12-4-2-7-17(12)15(21)16-6-8-22-13-5-1-3-11(9-13)14(19)20/h1,3,5,9,12,18H,2,4,6-8,10H2,(H,16,21)(H,19,20)/t12-/m1/s1. The van der Waals surface area contributed by atoms with E-state index in [1.54, 1.807) is 17.0 Å². The van der Waals surface area contributed by atoms with Gasteiger partial charge in [0, 0.05) is 6.54 Å². The summed E-state index contributed by atoms with van der Waals surface area (Å²) in [7, 11) is 0. The van der Waals surface area contributed by atoms with Crippen LogP contribution < -0.4 is 10.1 Å². The first-order valence-corrected chi connectivity index (χ1v) is 7.23. The van der Waals surface area contributed by atoms with Gasteiger partial charge in [0.2, 0.25) is 0 Å². The number of carboxylic acids is 1. The van der Waals surface area contributed by atoms with Gasteiger partial charge in [-0.2, -0.15) is 0 Å². The van der Waals surface area contributed by atoms with Crippen LogP contribution in [-0.4, -0.2) is 59.5 Å². The molecule has 1 saturated heterocycles. The minimum Gasteiger partial charge on any atom is -0.492 e. The van der Waals surface area contributed by atoms with E-state index in [2.05, 4.69) is 5.32 Å². The summed E-state index contributed by atoms with van der Waals surface area (Å²) in [6.07, 6.45) is 1.72. The number of hydrogen-bond donors (Lipinski definition) is 3. The normalized spacial score (nSPS) is 17.3. The van der Waals surface area contributed by atoms with Crippen LogP contribution >= 0.6 is 0 Å². The predicted octanol–water partition coefficient (Wildman–Crippen LogP) is 0.930. The number of rotatable bonds is 6. The third-order valence-corrected chi connectivity index (χ3v) is 3.58. The maximum absolute atomic E-state index is 11.9. The molecule has 3 N–H and O–H groups in total. The maximum Gasteiger partial charge on any atom is 0.335 e. The second kappa shape index (κ2) is 7.65. The quantitative estimate of drug-likeness (QED) is 0.679. The fraction of sp³-hybridized carbons (Fsp3) is 0.467. The highest BCUT2D eigenvalue weighted by Crippen LogP contribution is 2.16. The van der Waals surface area contributed by atoms with Gasteiger partial charge in [0.1, 0.15) is 12.4 Å². The number of urea groups is 1. The molecule has 0 spiro atoms. The second-order valence-electron chi connectivity index (χ2n) is 5.09. The largest absolute Gasteiger partial charge is 0.492 e. The minimum atomic E-state index is -1.01. The molecule has 1 fully saturated rings. The van der Waals surface area contributed by atoms with Crippen LogP contribution in [0, 0.1) is 0 Å². The number of carboxylic acid groups (broad SMARTS) is 1. The Morgan fingerprint density at radius 1 is 1.41 bits per heavy atom. The summed E-state index contributed by atoms with van der Waals surface area (Å²) in [6.45, 7) is 1.18. The molecule has 0 saturated carbocycles. The second-order valence-corrected chi connectivity index (χ2v) is 5.09. The van der Waals surface area contributed by atoms with E-state index >= 15 is 0 Å². The van der Waals surface area contributed by atoms with Crippen molar-refractivity contribution in [2.75, 3.05) is 26.3 Å². The molecular formula is C15H20N2O5. The number of carbonyl (C=O) groups excluding carboxylic acids is 1. The molecule has 22 heavy (non-hydrogen) atoms. The van der Waals surface area contributed by atoms with Gasteiger partial charge in [0.05, 0.1) is 24.8 Å². The van der Waals surface area contributed by atoms with Gasteiger partial charge in [-0.1, -0.05) is 6.07 Å². The molecule has 0 aliphatic carbocycles. The van der Waals surface area contributed by atoms with Crippen LogP contribution in [0.5, 0.6) is 5.75 Å². The molecule has 7 nitrogen and oxygen atoms in total. The van der Waals surface area contributed by atoms with Crippen molar-refractivity contribution in [1.29, 1.82) is 0 Å². The van der Waals surface area contributed by atoms with Gasteiger partial charge in [-0.25, -0.2) is 9.59 Å². The predicted molar refractivity (Wildman–Crippen MR) is 79.1 cm³/mol. The Balaban J connectivity index is 1.74. The molecule has 1 aliphatic heterocycles. The van der Waals surface area contributed by atoms with Gasteiger partial charge >= 0.3 is 12.0 Å².